The molecule has 1 saturated heterocycles. The highest BCUT2D eigenvalue weighted by atomic mass is 35.5. The maximum Gasteiger partial charge on any atom is 0.341 e. The lowest BCUT2D eigenvalue weighted by molar-refractivity contribution is 0.0695. The van der Waals surface area contributed by atoms with Crippen molar-refractivity contribution >= 4 is 34.2 Å². The van der Waals surface area contributed by atoms with Gasteiger partial charge in [0.2, 0.25) is 11.3 Å². The third kappa shape index (κ3) is 4.37. The Bertz CT molecular complexity index is 1530. The fraction of sp³-hybridized carbons (Fsp3) is 0.192. The van der Waals surface area contributed by atoms with Crippen LogP contribution in [0.1, 0.15) is 23.2 Å². The normalized spacial score (nSPS) is 15.4. The summed E-state index contributed by atoms with van der Waals surface area (Å²) in [6.45, 7) is 0.825. The number of benzene rings is 2. The van der Waals surface area contributed by atoms with Gasteiger partial charge in [0.25, 0.3) is 0 Å². The number of halogens is 3. The number of carboxylic acids is 1. The van der Waals surface area contributed by atoms with Gasteiger partial charge in [-0.1, -0.05) is 17.7 Å². The first-order chi connectivity index (χ1) is 17.3. The summed E-state index contributed by atoms with van der Waals surface area (Å²) in [5.41, 5.74) is -0.886. The van der Waals surface area contributed by atoms with Gasteiger partial charge in [0.05, 0.1) is 28.0 Å². The highest BCUT2D eigenvalue weighted by Gasteiger charge is 2.29. The van der Waals surface area contributed by atoms with Gasteiger partial charge in [-0.2, -0.15) is 0 Å². The minimum absolute atomic E-state index is 0.123. The van der Waals surface area contributed by atoms with E-state index in [0.29, 0.717) is 12.4 Å². The van der Waals surface area contributed by atoms with Crippen LogP contribution in [0.4, 0.5) is 14.5 Å². The van der Waals surface area contributed by atoms with Gasteiger partial charge in [0.1, 0.15) is 23.8 Å². The predicted octanol–water partition coefficient (Wildman–Crippen LogP) is 5.06. The fourth-order valence-corrected chi connectivity index (χ4v) is 4.73. The first-order valence-electron chi connectivity index (χ1n) is 11.2. The van der Waals surface area contributed by atoms with Crippen LogP contribution in [0.25, 0.3) is 16.6 Å². The summed E-state index contributed by atoms with van der Waals surface area (Å²) >= 11 is 6.30. The van der Waals surface area contributed by atoms with Crippen molar-refractivity contribution in [1.29, 1.82) is 0 Å². The zero-order valence-electron chi connectivity index (χ0n) is 18.8. The number of ether oxygens (including phenoxy) is 1. The van der Waals surface area contributed by atoms with Gasteiger partial charge in [0, 0.05) is 30.4 Å². The average Bonchev–Trinajstić information content (AvgIpc) is 3.33. The number of pyridine rings is 2. The molecule has 1 N–H and O–H groups in total. The molecular formula is C26H20ClF2N3O4. The Morgan fingerprint density at radius 1 is 1.17 bits per heavy atom. The minimum atomic E-state index is -1.49. The molecule has 0 unspecified atom stereocenters. The van der Waals surface area contributed by atoms with E-state index in [2.05, 4.69) is 4.98 Å². The standard InChI is InChI=1S/C26H20ClF2N3O4/c27-19-7-6-15(28)10-22(19)32-13-18(26(34)35)25(33)17-11-20(29)23(12-21(17)32)31-9-3-4-16(31)14-36-24-5-1-2-8-30-24/h1-2,5-8,10-13,16H,3-4,9,14H2,(H,34,35)/t16-/m1/s1. The van der Waals surface area contributed by atoms with Crippen LogP contribution < -0.4 is 15.1 Å². The van der Waals surface area contributed by atoms with E-state index in [4.69, 9.17) is 16.3 Å². The number of nitrogens with zero attached hydrogens (tertiary/aromatic N) is 3. The molecule has 3 heterocycles. The van der Waals surface area contributed by atoms with Crippen LogP contribution in [-0.4, -0.2) is 39.8 Å². The third-order valence-corrected chi connectivity index (χ3v) is 6.54. The zero-order chi connectivity index (χ0) is 25.4. The molecule has 0 radical (unpaired) electrons. The van der Waals surface area contributed by atoms with Crippen molar-refractivity contribution in [1.82, 2.24) is 9.55 Å². The first kappa shape index (κ1) is 23.7. The molecule has 0 amide bonds. The molecule has 5 rings (SSSR count). The van der Waals surface area contributed by atoms with Crippen LogP contribution in [0, 0.1) is 11.6 Å². The Morgan fingerprint density at radius 3 is 2.75 bits per heavy atom. The van der Waals surface area contributed by atoms with E-state index in [-0.39, 0.29) is 39.9 Å². The summed E-state index contributed by atoms with van der Waals surface area (Å²) in [4.78, 5) is 30.7. The van der Waals surface area contributed by atoms with Crippen molar-refractivity contribution in [3.8, 4) is 11.6 Å². The van der Waals surface area contributed by atoms with Gasteiger partial charge < -0.3 is 19.3 Å². The Labute approximate surface area is 209 Å². The molecule has 1 aliphatic heterocycles. The Hall–Kier alpha value is -3.98. The maximum absolute atomic E-state index is 15.4. The van der Waals surface area contributed by atoms with Crippen LogP contribution in [0.15, 0.2) is 65.7 Å². The number of rotatable bonds is 6. The molecule has 0 saturated carbocycles. The summed E-state index contributed by atoms with van der Waals surface area (Å²) in [6.07, 6.45) is 4.26. The van der Waals surface area contributed by atoms with Crippen LogP contribution in [0.2, 0.25) is 5.02 Å². The second kappa shape index (κ2) is 9.58. The van der Waals surface area contributed by atoms with Gasteiger partial charge in [-0.05, 0) is 49.2 Å². The van der Waals surface area contributed by atoms with E-state index < -0.39 is 28.6 Å². The lowest BCUT2D eigenvalue weighted by Crippen LogP contribution is -2.35. The fourth-order valence-electron chi connectivity index (χ4n) is 4.52. The minimum Gasteiger partial charge on any atom is -0.477 e. The highest BCUT2D eigenvalue weighted by Crippen LogP contribution is 2.33. The molecule has 2 aromatic heterocycles. The summed E-state index contributed by atoms with van der Waals surface area (Å²) in [6, 6.07) is 11.3. The monoisotopic (exact) mass is 511 g/mol. The molecule has 36 heavy (non-hydrogen) atoms. The molecule has 10 heteroatoms. The number of hydrogen-bond donors (Lipinski definition) is 1. The quantitative estimate of drug-likeness (QED) is 0.389. The smallest absolute Gasteiger partial charge is 0.341 e. The molecule has 184 valence electrons. The molecule has 0 aliphatic carbocycles. The first-order valence-corrected chi connectivity index (χ1v) is 11.6. The Kier molecular flexibility index (Phi) is 6.32. The molecule has 4 aromatic rings. The van der Waals surface area contributed by atoms with Crippen LogP contribution >= 0.6 is 11.6 Å². The predicted molar refractivity (Wildman–Crippen MR) is 132 cm³/mol. The highest BCUT2D eigenvalue weighted by molar-refractivity contribution is 6.32. The van der Waals surface area contributed by atoms with Crippen molar-refractivity contribution < 1.29 is 23.4 Å². The van der Waals surface area contributed by atoms with Crippen LogP contribution in [0.5, 0.6) is 5.88 Å². The number of anilines is 1. The van der Waals surface area contributed by atoms with Gasteiger partial charge >= 0.3 is 5.97 Å². The summed E-state index contributed by atoms with van der Waals surface area (Å²) in [7, 11) is 0. The maximum atomic E-state index is 15.4. The number of carbonyl (C=O) groups is 1. The zero-order valence-corrected chi connectivity index (χ0v) is 19.6. The number of fused-ring (bicyclic) bond motifs is 1. The van der Waals surface area contributed by atoms with E-state index in [1.807, 2.05) is 4.90 Å². The molecule has 0 spiro atoms. The molecule has 1 aliphatic rings. The largest absolute Gasteiger partial charge is 0.477 e. The SMILES string of the molecule is O=C(O)c1cn(-c2cc(F)ccc2Cl)c2cc(N3CCC[C@@H]3COc3ccccn3)c(F)cc2c1=O. The molecule has 7 nitrogen and oxygen atoms in total. The lowest BCUT2D eigenvalue weighted by atomic mass is 10.1. The van der Waals surface area contributed by atoms with E-state index in [1.165, 1.54) is 16.7 Å². The van der Waals surface area contributed by atoms with Gasteiger partial charge in [-0.15, -0.1) is 0 Å². The second-order valence-corrected chi connectivity index (χ2v) is 8.84. The van der Waals surface area contributed by atoms with E-state index >= 15 is 4.39 Å². The second-order valence-electron chi connectivity index (χ2n) is 8.43. The van der Waals surface area contributed by atoms with Crippen molar-refractivity contribution in [2.24, 2.45) is 0 Å². The number of hydrogen-bond acceptors (Lipinski definition) is 5. The Morgan fingerprint density at radius 2 is 2.00 bits per heavy atom. The number of aromatic carboxylic acids is 1. The molecule has 2 aromatic carbocycles. The molecule has 1 atom stereocenters. The van der Waals surface area contributed by atoms with Crippen molar-refractivity contribution in [2.75, 3.05) is 18.1 Å². The average molecular weight is 512 g/mol. The van der Waals surface area contributed by atoms with E-state index in [1.54, 1.807) is 24.4 Å². The number of aromatic nitrogens is 2. The lowest BCUT2D eigenvalue weighted by Gasteiger charge is -2.28. The van der Waals surface area contributed by atoms with Crippen molar-refractivity contribution in [3.63, 3.8) is 0 Å². The molecular weight excluding hydrogens is 492 g/mol. The molecule has 0 bridgehead atoms. The van der Waals surface area contributed by atoms with Gasteiger partial charge in [-0.25, -0.2) is 18.6 Å². The Balaban J connectivity index is 1.64. The van der Waals surface area contributed by atoms with E-state index in [0.717, 1.165) is 37.2 Å². The van der Waals surface area contributed by atoms with E-state index in [9.17, 15) is 19.1 Å². The van der Waals surface area contributed by atoms with Gasteiger partial charge in [0.15, 0.2) is 0 Å². The summed E-state index contributed by atoms with van der Waals surface area (Å²) < 4.78 is 36.6. The topological polar surface area (TPSA) is 84.7 Å². The van der Waals surface area contributed by atoms with Crippen molar-refractivity contribution in [2.45, 2.75) is 18.9 Å². The summed E-state index contributed by atoms with van der Waals surface area (Å²) in [5, 5.41) is 9.54. The molecule has 1 fully saturated rings. The van der Waals surface area contributed by atoms with Gasteiger partial charge in [-0.3, -0.25) is 4.79 Å². The number of carboxylic acid groups (broad SMARTS) is 1. The van der Waals surface area contributed by atoms with Crippen molar-refractivity contribution in [3.05, 3.63) is 93.4 Å². The van der Waals surface area contributed by atoms with Crippen LogP contribution in [0.3, 0.4) is 0 Å². The van der Waals surface area contributed by atoms with Crippen LogP contribution in [-0.2, 0) is 0 Å². The third-order valence-electron chi connectivity index (χ3n) is 6.22. The summed E-state index contributed by atoms with van der Waals surface area (Å²) in [5.74, 6) is -2.31.